The van der Waals surface area contributed by atoms with Gasteiger partial charge in [0.25, 0.3) is 0 Å². The first-order valence-electron chi connectivity index (χ1n) is 15.3. The summed E-state index contributed by atoms with van der Waals surface area (Å²) in [6.45, 7) is 4.75. The van der Waals surface area contributed by atoms with E-state index in [1.807, 2.05) is 0 Å². The van der Waals surface area contributed by atoms with Gasteiger partial charge in [0.15, 0.2) is 6.10 Å². The van der Waals surface area contributed by atoms with E-state index in [1.54, 1.807) is 13.8 Å². The molecule has 1 atom stereocenters. The number of esters is 3. The molecule has 0 bridgehead atoms. The summed E-state index contributed by atoms with van der Waals surface area (Å²) >= 11 is 0. The summed E-state index contributed by atoms with van der Waals surface area (Å²) in [6.07, 6.45) is 12.7. The van der Waals surface area contributed by atoms with Gasteiger partial charge in [-0.05, 0) is 19.3 Å². The number of Topliss-reactive ketones (excluding diaryl/α,β-unsaturated/α-hetero) is 3. The maximum Gasteiger partial charge on any atom is 0.313 e. The normalized spacial score (nSPS) is 11.5. The standard InChI is InChI=1S/C31H52O9/c1-4-7-8-15-18-27(34)19-16-13-11-9-10-12-14-17-20-29(35)38-23-28(40-31(37)22-26(33)6-3)24-39-30(36)21-25(32)5-2/h28H,4-24H2,1-3H3. The quantitative estimate of drug-likeness (QED) is 0.0494. The van der Waals surface area contributed by atoms with Crippen LogP contribution >= 0.6 is 0 Å². The van der Waals surface area contributed by atoms with Gasteiger partial charge in [-0.2, -0.15) is 0 Å². The van der Waals surface area contributed by atoms with E-state index in [0.717, 1.165) is 64.2 Å². The number of hydrogen-bond acceptors (Lipinski definition) is 9. The highest BCUT2D eigenvalue weighted by Gasteiger charge is 2.21. The Kier molecular flexibility index (Phi) is 23.8. The van der Waals surface area contributed by atoms with E-state index < -0.39 is 30.4 Å². The zero-order valence-corrected chi connectivity index (χ0v) is 25.1. The lowest BCUT2D eigenvalue weighted by molar-refractivity contribution is -0.167. The minimum Gasteiger partial charge on any atom is -0.462 e. The second-order valence-electron chi connectivity index (χ2n) is 10.3. The Labute approximate surface area is 240 Å². The molecule has 0 rings (SSSR count). The number of ketones is 3. The number of carbonyl (C=O) groups is 6. The molecular weight excluding hydrogens is 516 g/mol. The van der Waals surface area contributed by atoms with Crippen molar-refractivity contribution in [3.8, 4) is 0 Å². The summed E-state index contributed by atoms with van der Waals surface area (Å²) < 4.78 is 15.4. The van der Waals surface area contributed by atoms with E-state index in [9.17, 15) is 28.8 Å². The summed E-state index contributed by atoms with van der Waals surface area (Å²) in [5.41, 5.74) is 0. The van der Waals surface area contributed by atoms with Crippen LogP contribution in [0.5, 0.6) is 0 Å². The lowest BCUT2D eigenvalue weighted by Gasteiger charge is -2.18. The van der Waals surface area contributed by atoms with Gasteiger partial charge < -0.3 is 14.2 Å². The molecular formula is C31H52O9. The van der Waals surface area contributed by atoms with Gasteiger partial charge in [-0.15, -0.1) is 0 Å². The summed E-state index contributed by atoms with van der Waals surface area (Å²) in [4.78, 5) is 70.7. The van der Waals surface area contributed by atoms with Crippen molar-refractivity contribution in [2.45, 2.75) is 149 Å². The summed E-state index contributed by atoms with van der Waals surface area (Å²) in [5.74, 6) is -2.17. The molecule has 0 amide bonds. The summed E-state index contributed by atoms with van der Waals surface area (Å²) in [7, 11) is 0. The van der Waals surface area contributed by atoms with Gasteiger partial charge in [0.05, 0.1) is 0 Å². The van der Waals surface area contributed by atoms with Gasteiger partial charge in [0.2, 0.25) is 0 Å². The van der Waals surface area contributed by atoms with Crippen molar-refractivity contribution >= 4 is 35.3 Å². The van der Waals surface area contributed by atoms with Gasteiger partial charge >= 0.3 is 17.9 Å². The fourth-order valence-electron chi connectivity index (χ4n) is 3.94. The molecule has 0 aliphatic rings. The highest BCUT2D eigenvalue weighted by Crippen LogP contribution is 2.13. The maximum atomic E-state index is 12.1. The number of hydrogen-bond donors (Lipinski definition) is 0. The van der Waals surface area contributed by atoms with Gasteiger partial charge in [-0.3, -0.25) is 28.8 Å². The van der Waals surface area contributed by atoms with Crippen molar-refractivity contribution in [3.05, 3.63) is 0 Å². The third-order valence-electron chi connectivity index (χ3n) is 6.53. The van der Waals surface area contributed by atoms with Gasteiger partial charge in [-0.25, -0.2) is 0 Å². The van der Waals surface area contributed by atoms with E-state index in [-0.39, 0.29) is 50.5 Å². The van der Waals surface area contributed by atoms with Crippen LogP contribution in [0.2, 0.25) is 0 Å². The molecule has 0 aromatic heterocycles. The molecule has 0 aliphatic carbocycles. The molecule has 9 heteroatoms. The molecule has 0 aromatic rings. The molecule has 0 aliphatic heterocycles. The van der Waals surface area contributed by atoms with Crippen LogP contribution in [0.3, 0.4) is 0 Å². The molecule has 0 saturated heterocycles. The Bertz CT molecular complexity index is 760. The highest BCUT2D eigenvalue weighted by molar-refractivity contribution is 5.96. The first-order chi connectivity index (χ1) is 19.2. The van der Waals surface area contributed by atoms with Crippen molar-refractivity contribution in [1.29, 1.82) is 0 Å². The van der Waals surface area contributed by atoms with Crippen LogP contribution in [0.25, 0.3) is 0 Å². The molecule has 0 radical (unpaired) electrons. The van der Waals surface area contributed by atoms with Gasteiger partial charge in [-0.1, -0.05) is 78.6 Å². The predicted molar refractivity (Wildman–Crippen MR) is 152 cm³/mol. The second kappa shape index (κ2) is 25.4. The number of carbonyl (C=O) groups excluding carboxylic acids is 6. The fourth-order valence-corrected chi connectivity index (χ4v) is 3.94. The minimum atomic E-state index is -1.06. The van der Waals surface area contributed by atoms with Crippen LogP contribution < -0.4 is 0 Å². The van der Waals surface area contributed by atoms with E-state index in [2.05, 4.69) is 6.92 Å². The molecule has 0 N–H and O–H groups in total. The molecule has 230 valence electrons. The topological polar surface area (TPSA) is 130 Å². The van der Waals surface area contributed by atoms with E-state index in [1.165, 1.54) is 12.8 Å². The van der Waals surface area contributed by atoms with E-state index in [0.29, 0.717) is 18.6 Å². The van der Waals surface area contributed by atoms with Crippen molar-refractivity contribution in [2.75, 3.05) is 13.2 Å². The van der Waals surface area contributed by atoms with Crippen molar-refractivity contribution in [3.63, 3.8) is 0 Å². The first-order valence-corrected chi connectivity index (χ1v) is 15.3. The van der Waals surface area contributed by atoms with Crippen LogP contribution in [0.4, 0.5) is 0 Å². The molecule has 0 heterocycles. The average molecular weight is 569 g/mol. The van der Waals surface area contributed by atoms with Crippen molar-refractivity contribution < 1.29 is 43.0 Å². The van der Waals surface area contributed by atoms with Crippen molar-refractivity contribution in [2.24, 2.45) is 0 Å². The monoisotopic (exact) mass is 568 g/mol. The van der Waals surface area contributed by atoms with Gasteiger partial charge in [0.1, 0.15) is 43.4 Å². The van der Waals surface area contributed by atoms with Crippen molar-refractivity contribution in [1.82, 2.24) is 0 Å². The second-order valence-corrected chi connectivity index (χ2v) is 10.3. The summed E-state index contributed by atoms with van der Waals surface area (Å²) in [6, 6.07) is 0. The Hall–Kier alpha value is -2.58. The first kappa shape index (κ1) is 37.4. The SMILES string of the molecule is CCCCCCC(=O)CCCCCCCCCCC(=O)OCC(COC(=O)CC(=O)CC)OC(=O)CC(=O)CC. The fraction of sp³-hybridized carbons (Fsp3) is 0.806. The predicted octanol–water partition coefficient (Wildman–Crippen LogP) is 6.16. The molecule has 40 heavy (non-hydrogen) atoms. The lowest BCUT2D eigenvalue weighted by atomic mass is 10.0. The van der Waals surface area contributed by atoms with E-state index >= 15 is 0 Å². The third kappa shape index (κ3) is 23.3. The number of ether oxygens (including phenoxy) is 3. The van der Waals surface area contributed by atoms with Crippen LogP contribution in [0.15, 0.2) is 0 Å². The summed E-state index contributed by atoms with van der Waals surface area (Å²) in [5, 5.41) is 0. The smallest absolute Gasteiger partial charge is 0.313 e. The van der Waals surface area contributed by atoms with Crippen LogP contribution in [0, 0.1) is 0 Å². The Balaban J connectivity index is 4.09. The highest BCUT2D eigenvalue weighted by atomic mass is 16.6. The van der Waals surface area contributed by atoms with Crippen LogP contribution in [-0.2, 0) is 43.0 Å². The Morgan fingerprint density at radius 2 is 0.900 bits per heavy atom. The lowest BCUT2D eigenvalue weighted by Crippen LogP contribution is -2.31. The molecule has 1 unspecified atom stereocenters. The number of rotatable bonds is 27. The largest absolute Gasteiger partial charge is 0.462 e. The van der Waals surface area contributed by atoms with E-state index in [4.69, 9.17) is 14.2 Å². The molecule has 0 fully saturated rings. The maximum absolute atomic E-state index is 12.1. The minimum absolute atomic E-state index is 0.184. The van der Waals surface area contributed by atoms with Crippen LogP contribution in [-0.4, -0.2) is 54.6 Å². The third-order valence-corrected chi connectivity index (χ3v) is 6.53. The Morgan fingerprint density at radius 1 is 0.475 bits per heavy atom. The zero-order valence-electron chi connectivity index (χ0n) is 25.1. The zero-order chi connectivity index (χ0) is 30.0. The molecule has 9 nitrogen and oxygen atoms in total. The van der Waals surface area contributed by atoms with Crippen LogP contribution in [0.1, 0.15) is 143 Å². The molecule has 0 aromatic carbocycles. The molecule has 0 spiro atoms. The average Bonchev–Trinajstić information content (AvgIpc) is 2.93. The number of unbranched alkanes of at least 4 members (excludes halogenated alkanes) is 10. The molecule has 0 saturated carbocycles. The Morgan fingerprint density at radius 3 is 1.40 bits per heavy atom. The van der Waals surface area contributed by atoms with Gasteiger partial charge in [0, 0.05) is 32.1 Å².